The maximum Gasteiger partial charge on any atom is 0.256 e. The summed E-state index contributed by atoms with van der Waals surface area (Å²) in [6.45, 7) is 6.31. The average molecular weight is 296 g/mol. The first kappa shape index (κ1) is 15.0. The molecule has 0 bridgehead atoms. The van der Waals surface area contributed by atoms with Crippen molar-refractivity contribution >= 4 is 0 Å². The van der Waals surface area contributed by atoms with Crippen LogP contribution in [0.25, 0.3) is 0 Å². The highest BCUT2D eigenvalue weighted by atomic mass is 16.1. The summed E-state index contributed by atoms with van der Waals surface area (Å²) in [6, 6.07) is 12.1. The van der Waals surface area contributed by atoms with E-state index in [0.717, 1.165) is 24.1 Å². The van der Waals surface area contributed by atoms with Crippen LogP contribution in [0.5, 0.6) is 0 Å². The van der Waals surface area contributed by atoms with Crippen LogP contribution in [0.15, 0.2) is 41.2 Å². The largest absolute Gasteiger partial charge is 0.320 e. The number of hydrogen-bond donors (Lipinski definition) is 1. The molecule has 3 heteroatoms. The molecule has 1 aromatic heterocycles. The fraction of sp³-hybridized carbons (Fsp3) is 0.421. The minimum atomic E-state index is -0.362. The standard InChI is InChI=1S/C19H24N2O/c1-12(2)17-11-10-16(19(22)21(17)15-8-9-15)18(20)14-6-4-13(3)5-7-14/h4-7,10-12,15,18H,8-9,20H2,1-3H3. The van der Waals surface area contributed by atoms with Gasteiger partial charge in [-0.15, -0.1) is 0 Å². The van der Waals surface area contributed by atoms with Crippen molar-refractivity contribution in [2.45, 2.75) is 51.6 Å². The summed E-state index contributed by atoms with van der Waals surface area (Å²) in [6.07, 6.45) is 2.20. The summed E-state index contributed by atoms with van der Waals surface area (Å²) in [7, 11) is 0. The highest BCUT2D eigenvalue weighted by Crippen LogP contribution is 2.36. The molecule has 2 N–H and O–H groups in total. The molecule has 0 saturated heterocycles. The molecule has 1 aromatic carbocycles. The van der Waals surface area contributed by atoms with Gasteiger partial charge in [-0.05, 0) is 43.4 Å². The van der Waals surface area contributed by atoms with Gasteiger partial charge in [-0.25, -0.2) is 0 Å². The lowest BCUT2D eigenvalue weighted by Crippen LogP contribution is -2.30. The lowest BCUT2D eigenvalue weighted by Gasteiger charge is -2.19. The summed E-state index contributed by atoms with van der Waals surface area (Å²) in [5, 5.41) is 0. The average Bonchev–Trinajstić information content (AvgIpc) is 3.31. The molecular weight excluding hydrogens is 272 g/mol. The van der Waals surface area contributed by atoms with Gasteiger partial charge in [0, 0.05) is 17.3 Å². The van der Waals surface area contributed by atoms with E-state index >= 15 is 0 Å². The molecule has 3 rings (SSSR count). The van der Waals surface area contributed by atoms with Crippen LogP contribution in [-0.2, 0) is 0 Å². The summed E-state index contributed by atoms with van der Waals surface area (Å²) < 4.78 is 1.98. The van der Waals surface area contributed by atoms with Gasteiger partial charge < -0.3 is 10.3 Å². The van der Waals surface area contributed by atoms with Crippen molar-refractivity contribution in [1.82, 2.24) is 4.57 Å². The first-order valence-electron chi connectivity index (χ1n) is 8.06. The van der Waals surface area contributed by atoms with Crippen LogP contribution in [0.3, 0.4) is 0 Å². The quantitative estimate of drug-likeness (QED) is 0.936. The summed E-state index contributed by atoms with van der Waals surface area (Å²) in [5.74, 6) is 0.345. The number of aromatic nitrogens is 1. The Morgan fingerprint density at radius 1 is 1.09 bits per heavy atom. The molecule has 1 fully saturated rings. The van der Waals surface area contributed by atoms with Crippen LogP contribution in [0, 0.1) is 6.92 Å². The van der Waals surface area contributed by atoms with Crippen molar-refractivity contribution < 1.29 is 0 Å². The molecule has 1 heterocycles. The maximum absolute atomic E-state index is 12.9. The number of rotatable bonds is 4. The maximum atomic E-state index is 12.9. The first-order chi connectivity index (χ1) is 10.5. The molecule has 3 nitrogen and oxygen atoms in total. The van der Waals surface area contributed by atoms with Crippen molar-refractivity contribution in [1.29, 1.82) is 0 Å². The Hall–Kier alpha value is -1.87. The van der Waals surface area contributed by atoms with Crippen LogP contribution in [-0.4, -0.2) is 4.57 Å². The molecule has 1 atom stereocenters. The zero-order chi connectivity index (χ0) is 15.9. The van der Waals surface area contributed by atoms with E-state index in [1.807, 2.05) is 41.8 Å². The van der Waals surface area contributed by atoms with Gasteiger partial charge in [0.1, 0.15) is 0 Å². The van der Waals surface area contributed by atoms with Gasteiger partial charge in [-0.1, -0.05) is 43.7 Å². The first-order valence-corrected chi connectivity index (χ1v) is 8.06. The van der Waals surface area contributed by atoms with E-state index in [0.29, 0.717) is 17.5 Å². The van der Waals surface area contributed by atoms with Gasteiger partial charge in [0.25, 0.3) is 5.56 Å². The fourth-order valence-electron chi connectivity index (χ4n) is 2.95. The van der Waals surface area contributed by atoms with E-state index in [1.54, 1.807) is 0 Å². The van der Waals surface area contributed by atoms with Crippen molar-refractivity contribution in [3.8, 4) is 0 Å². The van der Waals surface area contributed by atoms with Crippen LogP contribution in [0.2, 0.25) is 0 Å². The van der Waals surface area contributed by atoms with Gasteiger partial charge in [0.2, 0.25) is 0 Å². The predicted molar refractivity (Wildman–Crippen MR) is 90.3 cm³/mol. The SMILES string of the molecule is Cc1ccc(C(N)c2ccc(C(C)C)n(C3CC3)c2=O)cc1. The molecule has 0 amide bonds. The highest BCUT2D eigenvalue weighted by Gasteiger charge is 2.29. The Balaban J connectivity index is 2.06. The lowest BCUT2D eigenvalue weighted by molar-refractivity contribution is 0.614. The second-order valence-electron chi connectivity index (χ2n) is 6.66. The fourth-order valence-corrected chi connectivity index (χ4v) is 2.95. The molecule has 116 valence electrons. The van der Waals surface area contributed by atoms with E-state index in [2.05, 4.69) is 19.9 Å². The van der Waals surface area contributed by atoms with Crippen molar-refractivity contribution in [3.05, 3.63) is 69.1 Å². The van der Waals surface area contributed by atoms with Crippen LogP contribution < -0.4 is 11.3 Å². The molecule has 0 aliphatic heterocycles. The van der Waals surface area contributed by atoms with Gasteiger partial charge >= 0.3 is 0 Å². The van der Waals surface area contributed by atoms with Gasteiger partial charge in [-0.2, -0.15) is 0 Å². The van der Waals surface area contributed by atoms with Gasteiger partial charge in [-0.3, -0.25) is 4.79 Å². The van der Waals surface area contributed by atoms with Crippen LogP contribution >= 0.6 is 0 Å². The predicted octanol–water partition coefficient (Wildman–Crippen LogP) is 3.66. The van der Waals surface area contributed by atoms with Crippen molar-refractivity contribution in [2.24, 2.45) is 5.73 Å². The second kappa shape index (κ2) is 5.73. The zero-order valence-electron chi connectivity index (χ0n) is 13.5. The Labute approximate surface area is 131 Å². The number of aryl methyl sites for hydroxylation is 1. The zero-order valence-corrected chi connectivity index (χ0v) is 13.5. The Morgan fingerprint density at radius 2 is 1.73 bits per heavy atom. The van der Waals surface area contributed by atoms with E-state index < -0.39 is 0 Å². The Bertz CT molecular complexity index is 724. The third kappa shape index (κ3) is 2.73. The molecule has 1 unspecified atom stereocenters. The third-order valence-corrected chi connectivity index (χ3v) is 4.45. The second-order valence-corrected chi connectivity index (χ2v) is 6.66. The normalized spacial score (nSPS) is 16.0. The van der Waals surface area contributed by atoms with Crippen molar-refractivity contribution in [3.63, 3.8) is 0 Å². The van der Waals surface area contributed by atoms with Gasteiger partial charge in [0.05, 0.1) is 6.04 Å². The minimum absolute atomic E-state index is 0.0850. The smallest absolute Gasteiger partial charge is 0.256 e. The van der Waals surface area contributed by atoms with Crippen LogP contribution in [0.1, 0.15) is 67.1 Å². The van der Waals surface area contributed by atoms with Crippen LogP contribution in [0.4, 0.5) is 0 Å². The van der Waals surface area contributed by atoms with E-state index in [-0.39, 0.29) is 11.6 Å². The molecule has 1 aliphatic carbocycles. The number of nitrogens with two attached hydrogens (primary N) is 1. The van der Waals surface area contributed by atoms with Gasteiger partial charge in [0.15, 0.2) is 0 Å². The monoisotopic (exact) mass is 296 g/mol. The van der Waals surface area contributed by atoms with E-state index in [1.165, 1.54) is 5.56 Å². The third-order valence-electron chi connectivity index (χ3n) is 4.45. The molecular formula is C19H24N2O. The molecule has 2 aromatic rings. The summed E-state index contributed by atoms with van der Waals surface area (Å²) >= 11 is 0. The number of pyridine rings is 1. The topological polar surface area (TPSA) is 48.0 Å². The summed E-state index contributed by atoms with van der Waals surface area (Å²) in [5.41, 5.74) is 10.5. The summed E-state index contributed by atoms with van der Waals surface area (Å²) in [4.78, 5) is 12.9. The number of benzene rings is 1. The lowest BCUT2D eigenvalue weighted by atomic mass is 9.98. The number of hydrogen-bond acceptors (Lipinski definition) is 2. The Kier molecular flexibility index (Phi) is 3.92. The van der Waals surface area contributed by atoms with E-state index in [4.69, 9.17) is 5.73 Å². The number of nitrogens with zero attached hydrogens (tertiary/aromatic N) is 1. The minimum Gasteiger partial charge on any atom is -0.320 e. The molecule has 1 saturated carbocycles. The van der Waals surface area contributed by atoms with Crippen molar-refractivity contribution in [2.75, 3.05) is 0 Å². The molecule has 22 heavy (non-hydrogen) atoms. The molecule has 1 aliphatic rings. The van der Waals surface area contributed by atoms with E-state index in [9.17, 15) is 4.79 Å². The highest BCUT2D eigenvalue weighted by molar-refractivity contribution is 5.33. The molecule has 0 spiro atoms. The molecule has 0 radical (unpaired) electrons. The Morgan fingerprint density at radius 3 is 2.27 bits per heavy atom.